The summed E-state index contributed by atoms with van der Waals surface area (Å²) in [5.74, 6) is 1.22. The molecule has 0 aromatic heterocycles. The molecule has 0 aliphatic heterocycles. The second-order valence-electron chi connectivity index (χ2n) is 6.06. The molecule has 5 heteroatoms. The molecule has 2 amide bonds. The van der Waals surface area contributed by atoms with Crippen LogP contribution in [0.25, 0.3) is 0 Å². The highest BCUT2D eigenvalue weighted by Crippen LogP contribution is 2.39. The van der Waals surface area contributed by atoms with Crippen molar-refractivity contribution in [1.82, 2.24) is 0 Å². The van der Waals surface area contributed by atoms with Crippen molar-refractivity contribution in [2.45, 2.75) is 25.8 Å². The lowest BCUT2D eigenvalue weighted by atomic mass is 10.1. The van der Waals surface area contributed by atoms with Gasteiger partial charge in [-0.05, 0) is 62.1 Å². The number of methoxy groups -OCH3 is 1. The van der Waals surface area contributed by atoms with Gasteiger partial charge in [-0.2, -0.15) is 0 Å². The molecule has 3 rings (SSSR count). The summed E-state index contributed by atoms with van der Waals surface area (Å²) in [4.78, 5) is 14.8. The van der Waals surface area contributed by atoms with Crippen molar-refractivity contribution in [3.8, 4) is 5.75 Å². The third-order valence-corrected chi connectivity index (χ3v) is 4.62. The molecule has 0 spiro atoms. The van der Waals surface area contributed by atoms with E-state index in [-0.39, 0.29) is 12.1 Å². The molecule has 0 radical (unpaired) electrons. The number of nitrogens with zero attached hydrogens (tertiary/aromatic N) is 1. The first-order valence-corrected chi connectivity index (χ1v) is 8.46. The zero-order chi connectivity index (χ0) is 17.1. The second kappa shape index (κ2) is 7.14. The molecule has 1 aliphatic carbocycles. The predicted molar refractivity (Wildman–Crippen MR) is 98.1 cm³/mol. The molecular weight excluding hydrogens is 324 g/mol. The van der Waals surface area contributed by atoms with Crippen LogP contribution < -0.4 is 15.0 Å². The largest absolute Gasteiger partial charge is 0.495 e. The molecule has 1 saturated carbocycles. The topological polar surface area (TPSA) is 41.6 Å². The lowest BCUT2D eigenvalue weighted by Gasteiger charge is -2.30. The number of ether oxygens (including phenoxy) is 1. The Bertz CT molecular complexity index is 714. The van der Waals surface area contributed by atoms with Crippen molar-refractivity contribution < 1.29 is 9.53 Å². The molecule has 1 aliphatic rings. The molecule has 126 valence electrons. The Labute approximate surface area is 147 Å². The maximum absolute atomic E-state index is 13.0. The summed E-state index contributed by atoms with van der Waals surface area (Å²) in [5.41, 5.74) is 1.50. The van der Waals surface area contributed by atoms with E-state index in [1.54, 1.807) is 36.3 Å². The SMILES string of the molecule is COc1ccccc1N(C(=O)Nc1ccc(Cl)cc1)C(C)C1CC1. The minimum absolute atomic E-state index is 0.105. The Morgan fingerprint density at radius 2 is 1.88 bits per heavy atom. The van der Waals surface area contributed by atoms with Gasteiger partial charge in [-0.15, -0.1) is 0 Å². The maximum atomic E-state index is 13.0. The quantitative estimate of drug-likeness (QED) is 0.811. The molecule has 2 aromatic carbocycles. The number of carbonyl (C=O) groups excluding carboxylic acids is 1. The number of benzene rings is 2. The molecule has 1 N–H and O–H groups in total. The van der Waals surface area contributed by atoms with E-state index in [2.05, 4.69) is 12.2 Å². The van der Waals surface area contributed by atoms with Gasteiger partial charge in [0.2, 0.25) is 0 Å². The fraction of sp³-hybridized carbons (Fsp3) is 0.316. The Morgan fingerprint density at radius 3 is 2.50 bits per heavy atom. The van der Waals surface area contributed by atoms with Gasteiger partial charge in [0.25, 0.3) is 0 Å². The number of anilines is 2. The molecule has 2 aromatic rings. The summed E-state index contributed by atoms with van der Waals surface area (Å²) in [6.45, 7) is 2.09. The lowest BCUT2D eigenvalue weighted by Crippen LogP contribution is -2.43. The summed E-state index contributed by atoms with van der Waals surface area (Å²) >= 11 is 5.91. The van der Waals surface area contributed by atoms with Gasteiger partial charge in [0, 0.05) is 16.8 Å². The van der Waals surface area contributed by atoms with Crippen molar-refractivity contribution >= 4 is 29.0 Å². The summed E-state index contributed by atoms with van der Waals surface area (Å²) in [5, 5.41) is 3.60. The number of hydrogen-bond donors (Lipinski definition) is 1. The Kier molecular flexibility index (Phi) is 4.95. The van der Waals surface area contributed by atoms with Crippen LogP contribution in [0.3, 0.4) is 0 Å². The maximum Gasteiger partial charge on any atom is 0.326 e. The van der Waals surface area contributed by atoms with Gasteiger partial charge in [0.15, 0.2) is 0 Å². The van der Waals surface area contributed by atoms with Crippen LogP contribution in [0, 0.1) is 5.92 Å². The van der Waals surface area contributed by atoms with E-state index in [9.17, 15) is 4.79 Å². The monoisotopic (exact) mass is 344 g/mol. The van der Waals surface area contributed by atoms with E-state index >= 15 is 0 Å². The van der Waals surface area contributed by atoms with Crippen LogP contribution in [0.2, 0.25) is 5.02 Å². The van der Waals surface area contributed by atoms with E-state index in [1.807, 2.05) is 24.3 Å². The first-order valence-electron chi connectivity index (χ1n) is 8.09. The second-order valence-corrected chi connectivity index (χ2v) is 6.49. The highest BCUT2D eigenvalue weighted by molar-refractivity contribution is 6.30. The molecular formula is C19H21ClN2O2. The van der Waals surface area contributed by atoms with Crippen LogP contribution in [0.4, 0.5) is 16.2 Å². The first kappa shape index (κ1) is 16.7. The molecule has 0 saturated heterocycles. The van der Waals surface area contributed by atoms with Crippen molar-refractivity contribution in [2.75, 3.05) is 17.3 Å². The molecule has 1 unspecified atom stereocenters. The van der Waals surface area contributed by atoms with Crippen molar-refractivity contribution in [2.24, 2.45) is 5.92 Å². The number of carbonyl (C=O) groups is 1. The normalized spacial score (nSPS) is 14.8. The van der Waals surface area contributed by atoms with E-state index < -0.39 is 0 Å². The average Bonchev–Trinajstić information content (AvgIpc) is 3.42. The number of hydrogen-bond acceptors (Lipinski definition) is 2. The van der Waals surface area contributed by atoms with Crippen LogP contribution in [-0.4, -0.2) is 19.2 Å². The van der Waals surface area contributed by atoms with E-state index in [0.29, 0.717) is 22.4 Å². The molecule has 4 nitrogen and oxygen atoms in total. The predicted octanol–water partition coefficient (Wildman–Crippen LogP) is 5.19. The summed E-state index contributed by atoms with van der Waals surface area (Å²) < 4.78 is 5.45. The van der Waals surface area contributed by atoms with Gasteiger partial charge < -0.3 is 10.1 Å². The van der Waals surface area contributed by atoms with Crippen LogP contribution in [0.1, 0.15) is 19.8 Å². The standard InChI is InChI=1S/C19H21ClN2O2/c1-13(14-7-8-14)22(17-5-3-4-6-18(17)24-2)19(23)21-16-11-9-15(20)10-12-16/h3-6,9-14H,7-8H2,1-2H3,(H,21,23). The van der Waals surface area contributed by atoms with Crippen molar-refractivity contribution in [3.63, 3.8) is 0 Å². The van der Waals surface area contributed by atoms with Gasteiger partial charge in [0.05, 0.1) is 12.8 Å². The van der Waals surface area contributed by atoms with E-state index in [4.69, 9.17) is 16.3 Å². The Morgan fingerprint density at radius 1 is 1.21 bits per heavy atom. The lowest BCUT2D eigenvalue weighted by molar-refractivity contribution is 0.254. The first-order chi connectivity index (χ1) is 11.6. The minimum Gasteiger partial charge on any atom is -0.495 e. The Hall–Kier alpha value is -2.20. The number of urea groups is 1. The number of nitrogens with one attached hydrogen (secondary N) is 1. The fourth-order valence-electron chi connectivity index (χ4n) is 2.85. The van der Waals surface area contributed by atoms with Crippen LogP contribution in [0.5, 0.6) is 5.75 Å². The highest BCUT2D eigenvalue weighted by atomic mass is 35.5. The average molecular weight is 345 g/mol. The van der Waals surface area contributed by atoms with Gasteiger partial charge in [-0.25, -0.2) is 4.79 Å². The van der Waals surface area contributed by atoms with Gasteiger partial charge >= 0.3 is 6.03 Å². The smallest absolute Gasteiger partial charge is 0.326 e. The zero-order valence-corrected chi connectivity index (χ0v) is 14.6. The van der Waals surface area contributed by atoms with Crippen molar-refractivity contribution in [3.05, 3.63) is 53.6 Å². The third-order valence-electron chi connectivity index (χ3n) is 4.37. The van der Waals surface area contributed by atoms with E-state index in [0.717, 1.165) is 18.5 Å². The molecule has 0 heterocycles. The number of rotatable bonds is 5. The summed E-state index contributed by atoms with van der Waals surface area (Å²) in [6, 6.07) is 14.7. The third kappa shape index (κ3) is 3.65. The minimum atomic E-state index is -0.166. The number of halogens is 1. The van der Waals surface area contributed by atoms with Gasteiger partial charge in [-0.3, -0.25) is 4.90 Å². The molecule has 0 bridgehead atoms. The summed E-state index contributed by atoms with van der Waals surface area (Å²) in [7, 11) is 1.62. The van der Waals surface area contributed by atoms with Crippen molar-refractivity contribution in [1.29, 1.82) is 0 Å². The number of amides is 2. The summed E-state index contributed by atoms with van der Waals surface area (Å²) in [6.07, 6.45) is 2.31. The van der Waals surface area contributed by atoms with E-state index in [1.165, 1.54) is 0 Å². The van der Waals surface area contributed by atoms with Crippen LogP contribution in [-0.2, 0) is 0 Å². The molecule has 1 fully saturated rings. The zero-order valence-electron chi connectivity index (χ0n) is 13.8. The molecule has 1 atom stereocenters. The fourth-order valence-corrected chi connectivity index (χ4v) is 2.97. The Balaban J connectivity index is 1.89. The van der Waals surface area contributed by atoms with Crippen LogP contribution >= 0.6 is 11.6 Å². The highest BCUT2D eigenvalue weighted by Gasteiger charge is 2.36. The van der Waals surface area contributed by atoms with Crippen LogP contribution in [0.15, 0.2) is 48.5 Å². The van der Waals surface area contributed by atoms with Gasteiger partial charge in [-0.1, -0.05) is 23.7 Å². The number of para-hydroxylation sites is 2. The van der Waals surface area contributed by atoms with Gasteiger partial charge in [0.1, 0.15) is 5.75 Å². The molecule has 24 heavy (non-hydrogen) atoms.